The molecule has 0 radical (unpaired) electrons. The highest BCUT2D eigenvalue weighted by Crippen LogP contribution is 2.30. The van der Waals surface area contributed by atoms with Gasteiger partial charge in [-0.2, -0.15) is 0 Å². The van der Waals surface area contributed by atoms with E-state index in [0.717, 1.165) is 29.1 Å². The Morgan fingerprint density at radius 3 is 2.93 bits per heavy atom. The Balaban J connectivity index is 1.54. The standard InChI is InChI=1S/C20H26N6O/c1-13-5-4-6-14(9-13)18-16(10-23-24-18)20(27)26-8-7-15-17(11-26)21-12-22-19(15)25(2)3/h4-6,9,12,16,18,23-24H,7-8,10-11H2,1-3H3. The van der Waals surface area contributed by atoms with Crippen LogP contribution in [0, 0.1) is 12.8 Å². The fourth-order valence-corrected chi connectivity index (χ4v) is 4.05. The molecule has 2 aromatic rings. The summed E-state index contributed by atoms with van der Waals surface area (Å²) in [7, 11) is 3.98. The van der Waals surface area contributed by atoms with Crippen LogP contribution >= 0.6 is 0 Å². The van der Waals surface area contributed by atoms with E-state index in [2.05, 4.69) is 45.9 Å². The number of nitrogens with zero attached hydrogens (tertiary/aromatic N) is 4. The molecule has 1 amide bonds. The third-order valence-electron chi connectivity index (χ3n) is 5.42. The minimum atomic E-state index is -0.122. The topological polar surface area (TPSA) is 73.4 Å². The molecule has 1 aromatic heterocycles. The number of hydrogen-bond acceptors (Lipinski definition) is 6. The van der Waals surface area contributed by atoms with Crippen LogP contribution in [0.5, 0.6) is 0 Å². The third kappa shape index (κ3) is 3.40. The molecule has 2 atom stereocenters. The quantitative estimate of drug-likeness (QED) is 0.850. The molecule has 27 heavy (non-hydrogen) atoms. The van der Waals surface area contributed by atoms with Crippen LogP contribution in [-0.4, -0.2) is 48.0 Å². The highest BCUT2D eigenvalue weighted by Gasteiger charge is 2.37. The van der Waals surface area contributed by atoms with Crippen LogP contribution in [0.15, 0.2) is 30.6 Å². The van der Waals surface area contributed by atoms with E-state index in [1.165, 1.54) is 5.56 Å². The lowest BCUT2D eigenvalue weighted by Gasteiger charge is -2.32. The van der Waals surface area contributed by atoms with Crippen molar-refractivity contribution in [3.8, 4) is 0 Å². The molecule has 7 heteroatoms. The average Bonchev–Trinajstić information content (AvgIpc) is 3.16. The Hall–Kier alpha value is -2.51. The fourth-order valence-electron chi connectivity index (χ4n) is 4.05. The molecule has 142 valence electrons. The van der Waals surface area contributed by atoms with Crippen molar-refractivity contribution in [3.05, 3.63) is 53.0 Å². The zero-order valence-electron chi connectivity index (χ0n) is 16.1. The Kier molecular flexibility index (Phi) is 4.80. The van der Waals surface area contributed by atoms with Gasteiger partial charge in [0.05, 0.1) is 24.2 Å². The Bertz CT molecular complexity index is 852. The molecule has 7 nitrogen and oxygen atoms in total. The van der Waals surface area contributed by atoms with E-state index in [9.17, 15) is 4.79 Å². The minimum absolute atomic E-state index is 0.0125. The van der Waals surface area contributed by atoms with E-state index in [0.29, 0.717) is 19.6 Å². The molecule has 1 aromatic carbocycles. The van der Waals surface area contributed by atoms with E-state index in [1.807, 2.05) is 30.0 Å². The minimum Gasteiger partial charge on any atom is -0.362 e. The first kappa shape index (κ1) is 17.9. The Morgan fingerprint density at radius 2 is 2.15 bits per heavy atom. The van der Waals surface area contributed by atoms with Gasteiger partial charge in [0.1, 0.15) is 12.1 Å². The lowest BCUT2D eigenvalue weighted by atomic mass is 9.92. The summed E-state index contributed by atoms with van der Waals surface area (Å²) in [5, 5.41) is 0. The monoisotopic (exact) mass is 366 g/mol. The number of benzene rings is 1. The first-order valence-corrected chi connectivity index (χ1v) is 9.38. The highest BCUT2D eigenvalue weighted by molar-refractivity contribution is 5.81. The number of amides is 1. The van der Waals surface area contributed by atoms with Crippen molar-refractivity contribution < 1.29 is 4.79 Å². The predicted octanol–water partition coefficient (Wildman–Crippen LogP) is 1.20. The van der Waals surface area contributed by atoms with E-state index in [1.54, 1.807) is 6.33 Å². The second-order valence-corrected chi connectivity index (χ2v) is 7.55. The normalized spacial score (nSPS) is 21.8. The predicted molar refractivity (Wildman–Crippen MR) is 104 cm³/mol. The number of rotatable bonds is 3. The smallest absolute Gasteiger partial charge is 0.229 e. The van der Waals surface area contributed by atoms with Gasteiger partial charge >= 0.3 is 0 Å². The lowest BCUT2D eigenvalue weighted by molar-refractivity contribution is -0.136. The first-order valence-electron chi connectivity index (χ1n) is 9.38. The largest absolute Gasteiger partial charge is 0.362 e. The van der Waals surface area contributed by atoms with Gasteiger partial charge in [0.15, 0.2) is 0 Å². The van der Waals surface area contributed by atoms with Gasteiger partial charge in [0.2, 0.25) is 5.91 Å². The van der Waals surface area contributed by atoms with Gasteiger partial charge < -0.3 is 9.80 Å². The molecule has 2 aliphatic heterocycles. The van der Waals surface area contributed by atoms with Crippen LogP contribution in [0.2, 0.25) is 0 Å². The SMILES string of the molecule is Cc1cccc(C2NNCC2C(=O)N2CCc3c(ncnc3N(C)C)C2)c1. The molecule has 2 unspecified atom stereocenters. The van der Waals surface area contributed by atoms with Crippen LogP contribution in [0.1, 0.15) is 28.4 Å². The van der Waals surface area contributed by atoms with Crippen molar-refractivity contribution in [2.24, 2.45) is 5.92 Å². The number of aryl methyl sites for hydroxylation is 1. The third-order valence-corrected chi connectivity index (χ3v) is 5.42. The van der Waals surface area contributed by atoms with Crippen LogP contribution in [-0.2, 0) is 17.8 Å². The van der Waals surface area contributed by atoms with Gasteiger partial charge in [-0.05, 0) is 18.9 Å². The number of carbonyl (C=O) groups excluding carboxylic acids is 1. The van der Waals surface area contributed by atoms with Gasteiger partial charge in [-0.15, -0.1) is 0 Å². The number of anilines is 1. The summed E-state index contributed by atoms with van der Waals surface area (Å²) < 4.78 is 0. The van der Waals surface area contributed by atoms with Crippen molar-refractivity contribution in [2.45, 2.75) is 25.9 Å². The molecule has 0 aliphatic carbocycles. The fraction of sp³-hybridized carbons (Fsp3) is 0.450. The molecular formula is C20H26N6O. The van der Waals surface area contributed by atoms with Crippen molar-refractivity contribution in [2.75, 3.05) is 32.1 Å². The van der Waals surface area contributed by atoms with E-state index in [-0.39, 0.29) is 17.9 Å². The van der Waals surface area contributed by atoms with Crippen LogP contribution in [0.3, 0.4) is 0 Å². The molecular weight excluding hydrogens is 340 g/mol. The number of hydrogen-bond donors (Lipinski definition) is 2. The molecule has 3 heterocycles. The van der Waals surface area contributed by atoms with E-state index in [4.69, 9.17) is 0 Å². The van der Waals surface area contributed by atoms with Crippen molar-refractivity contribution in [3.63, 3.8) is 0 Å². The van der Waals surface area contributed by atoms with Gasteiger partial charge in [0, 0.05) is 32.7 Å². The van der Waals surface area contributed by atoms with Crippen LogP contribution < -0.4 is 15.8 Å². The number of carbonyl (C=O) groups is 1. The summed E-state index contributed by atoms with van der Waals surface area (Å²) >= 11 is 0. The van der Waals surface area contributed by atoms with Gasteiger partial charge in [-0.3, -0.25) is 10.2 Å². The maximum atomic E-state index is 13.3. The van der Waals surface area contributed by atoms with Crippen molar-refractivity contribution in [1.82, 2.24) is 25.7 Å². The number of nitrogens with one attached hydrogen (secondary N) is 2. The molecule has 4 rings (SSSR count). The van der Waals surface area contributed by atoms with Crippen LogP contribution in [0.4, 0.5) is 5.82 Å². The summed E-state index contributed by atoms with van der Waals surface area (Å²) in [5.74, 6) is 1.01. The van der Waals surface area contributed by atoms with E-state index >= 15 is 0 Å². The Labute approximate surface area is 159 Å². The summed E-state index contributed by atoms with van der Waals surface area (Å²) in [6, 6.07) is 8.34. The van der Waals surface area contributed by atoms with Gasteiger partial charge in [0.25, 0.3) is 0 Å². The average molecular weight is 366 g/mol. The first-order chi connectivity index (χ1) is 13.0. The number of hydrazine groups is 1. The number of aromatic nitrogens is 2. The summed E-state index contributed by atoms with van der Waals surface area (Å²) in [6.07, 6.45) is 2.38. The summed E-state index contributed by atoms with van der Waals surface area (Å²) in [5.41, 5.74) is 10.9. The molecule has 1 fully saturated rings. The highest BCUT2D eigenvalue weighted by atomic mass is 16.2. The molecule has 0 bridgehead atoms. The van der Waals surface area contributed by atoms with Crippen LogP contribution in [0.25, 0.3) is 0 Å². The van der Waals surface area contributed by atoms with Gasteiger partial charge in [-0.1, -0.05) is 29.8 Å². The second kappa shape index (κ2) is 7.25. The van der Waals surface area contributed by atoms with Gasteiger partial charge in [-0.25, -0.2) is 15.4 Å². The maximum absolute atomic E-state index is 13.3. The molecule has 0 spiro atoms. The van der Waals surface area contributed by atoms with Crippen molar-refractivity contribution in [1.29, 1.82) is 0 Å². The van der Waals surface area contributed by atoms with E-state index < -0.39 is 0 Å². The Morgan fingerprint density at radius 1 is 1.30 bits per heavy atom. The molecule has 0 saturated carbocycles. The zero-order chi connectivity index (χ0) is 19.0. The molecule has 2 N–H and O–H groups in total. The lowest BCUT2D eigenvalue weighted by Crippen LogP contribution is -2.42. The summed E-state index contributed by atoms with van der Waals surface area (Å²) in [4.78, 5) is 26.1. The van der Waals surface area contributed by atoms with Crippen molar-refractivity contribution >= 4 is 11.7 Å². The number of fused-ring (bicyclic) bond motifs is 1. The summed E-state index contributed by atoms with van der Waals surface area (Å²) in [6.45, 7) is 3.96. The molecule has 1 saturated heterocycles. The zero-order valence-corrected chi connectivity index (χ0v) is 16.1. The maximum Gasteiger partial charge on any atom is 0.229 e. The second-order valence-electron chi connectivity index (χ2n) is 7.55. The molecule has 2 aliphatic rings.